The van der Waals surface area contributed by atoms with Crippen molar-refractivity contribution < 1.29 is 14.3 Å². The van der Waals surface area contributed by atoms with Crippen LogP contribution in [0.3, 0.4) is 0 Å². The number of nitrogens with two attached hydrogens (primary N) is 1. The van der Waals surface area contributed by atoms with E-state index in [4.69, 9.17) is 15.2 Å². The highest BCUT2D eigenvalue weighted by Crippen LogP contribution is 2.26. The second kappa shape index (κ2) is 4.07. The van der Waals surface area contributed by atoms with Crippen molar-refractivity contribution in [2.24, 2.45) is 5.73 Å². The number of ether oxygens (including phenoxy) is 2. The van der Waals surface area contributed by atoms with Crippen molar-refractivity contribution in [1.29, 1.82) is 0 Å². The van der Waals surface area contributed by atoms with E-state index in [1.54, 1.807) is 6.92 Å². The van der Waals surface area contributed by atoms with Gasteiger partial charge in [0.2, 0.25) is 0 Å². The van der Waals surface area contributed by atoms with Crippen LogP contribution >= 0.6 is 0 Å². The molecule has 76 valence electrons. The van der Waals surface area contributed by atoms with E-state index in [-0.39, 0.29) is 18.5 Å². The second-order valence-electron chi connectivity index (χ2n) is 3.48. The minimum atomic E-state index is -0.522. The van der Waals surface area contributed by atoms with Crippen LogP contribution in [-0.4, -0.2) is 30.8 Å². The van der Waals surface area contributed by atoms with Gasteiger partial charge in [0.15, 0.2) is 0 Å². The van der Waals surface area contributed by atoms with Crippen LogP contribution in [0.1, 0.15) is 26.7 Å². The molecular formula is C9H17NO3. The minimum Gasteiger partial charge on any atom is -0.466 e. The molecule has 1 aliphatic rings. The summed E-state index contributed by atoms with van der Waals surface area (Å²) in [5, 5.41) is 0. The third kappa shape index (κ3) is 2.42. The van der Waals surface area contributed by atoms with Gasteiger partial charge in [0, 0.05) is 6.61 Å². The molecule has 2 unspecified atom stereocenters. The maximum atomic E-state index is 11.2. The first-order valence-corrected chi connectivity index (χ1v) is 4.64. The van der Waals surface area contributed by atoms with Gasteiger partial charge in [-0.15, -0.1) is 0 Å². The molecule has 1 aliphatic heterocycles. The van der Waals surface area contributed by atoms with E-state index in [1.807, 2.05) is 6.92 Å². The van der Waals surface area contributed by atoms with E-state index in [2.05, 4.69) is 0 Å². The Morgan fingerprint density at radius 2 is 2.46 bits per heavy atom. The number of carbonyl (C=O) groups is 1. The zero-order valence-electron chi connectivity index (χ0n) is 8.21. The van der Waals surface area contributed by atoms with E-state index in [9.17, 15) is 4.79 Å². The molecule has 2 atom stereocenters. The van der Waals surface area contributed by atoms with Crippen molar-refractivity contribution in [2.45, 2.75) is 38.3 Å². The molecule has 0 aromatic carbocycles. The summed E-state index contributed by atoms with van der Waals surface area (Å²) in [7, 11) is 0. The van der Waals surface area contributed by atoms with E-state index in [1.165, 1.54) is 0 Å². The zero-order valence-corrected chi connectivity index (χ0v) is 8.21. The summed E-state index contributed by atoms with van der Waals surface area (Å²) >= 11 is 0. The van der Waals surface area contributed by atoms with Gasteiger partial charge >= 0.3 is 5.97 Å². The van der Waals surface area contributed by atoms with Gasteiger partial charge in [0.25, 0.3) is 0 Å². The molecule has 1 heterocycles. The lowest BCUT2D eigenvalue weighted by molar-refractivity contribution is -0.145. The molecule has 13 heavy (non-hydrogen) atoms. The van der Waals surface area contributed by atoms with Gasteiger partial charge in [-0.3, -0.25) is 4.79 Å². The van der Waals surface area contributed by atoms with Crippen molar-refractivity contribution in [2.75, 3.05) is 13.2 Å². The van der Waals surface area contributed by atoms with Crippen molar-refractivity contribution in [3.05, 3.63) is 0 Å². The summed E-state index contributed by atoms with van der Waals surface area (Å²) < 4.78 is 10.2. The highest BCUT2D eigenvalue weighted by Gasteiger charge is 2.39. The van der Waals surface area contributed by atoms with Gasteiger partial charge in [-0.1, -0.05) is 0 Å². The zero-order chi connectivity index (χ0) is 9.90. The van der Waals surface area contributed by atoms with Crippen molar-refractivity contribution in [1.82, 2.24) is 0 Å². The first-order chi connectivity index (χ1) is 6.08. The summed E-state index contributed by atoms with van der Waals surface area (Å²) in [6, 6.07) is 0. The van der Waals surface area contributed by atoms with Crippen LogP contribution in [0.15, 0.2) is 0 Å². The third-order valence-corrected chi connectivity index (χ3v) is 2.52. The Labute approximate surface area is 78.4 Å². The Hall–Kier alpha value is -0.610. The van der Waals surface area contributed by atoms with E-state index in [0.29, 0.717) is 13.2 Å². The average molecular weight is 187 g/mol. The van der Waals surface area contributed by atoms with Gasteiger partial charge in [-0.2, -0.15) is 0 Å². The molecule has 1 saturated heterocycles. The first-order valence-electron chi connectivity index (χ1n) is 4.64. The van der Waals surface area contributed by atoms with Gasteiger partial charge in [-0.05, 0) is 20.3 Å². The maximum absolute atomic E-state index is 11.2. The summed E-state index contributed by atoms with van der Waals surface area (Å²) in [5.74, 6) is -0.234. The largest absolute Gasteiger partial charge is 0.466 e. The monoisotopic (exact) mass is 187 g/mol. The quantitative estimate of drug-likeness (QED) is 0.651. The van der Waals surface area contributed by atoms with E-state index in [0.717, 1.165) is 6.42 Å². The smallest absolute Gasteiger partial charge is 0.307 e. The Kier molecular flexibility index (Phi) is 3.27. The molecule has 0 radical (unpaired) electrons. The Morgan fingerprint density at radius 1 is 1.77 bits per heavy atom. The molecule has 4 heteroatoms. The summed E-state index contributed by atoms with van der Waals surface area (Å²) in [6.07, 6.45) is 0.923. The molecule has 0 aromatic heterocycles. The predicted octanol–water partition coefficient (Wildman–Crippen LogP) is 0.446. The van der Waals surface area contributed by atoms with Crippen LogP contribution in [0.4, 0.5) is 0 Å². The molecule has 0 saturated carbocycles. The summed E-state index contributed by atoms with van der Waals surface area (Å²) in [6.45, 7) is 4.73. The van der Waals surface area contributed by atoms with Crippen LogP contribution in [0.25, 0.3) is 0 Å². The number of hydrogen-bond donors (Lipinski definition) is 1. The van der Waals surface area contributed by atoms with Crippen LogP contribution in [-0.2, 0) is 14.3 Å². The normalized spacial score (nSPS) is 33.3. The van der Waals surface area contributed by atoms with E-state index >= 15 is 0 Å². The van der Waals surface area contributed by atoms with Crippen LogP contribution in [0.5, 0.6) is 0 Å². The van der Waals surface area contributed by atoms with Gasteiger partial charge in [-0.25, -0.2) is 0 Å². The molecule has 0 aromatic rings. The van der Waals surface area contributed by atoms with Gasteiger partial charge in [0.05, 0.1) is 24.7 Å². The lowest BCUT2D eigenvalue weighted by Gasteiger charge is -2.25. The topological polar surface area (TPSA) is 61.5 Å². The van der Waals surface area contributed by atoms with Crippen LogP contribution in [0, 0.1) is 0 Å². The van der Waals surface area contributed by atoms with Gasteiger partial charge in [0.1, 0.15) is 0 Å². The Morgan fingerprint density at radius 3 is 2.92 bits per heavy atom. The fraction of sp³-hybridized carbons (Fsp3) is 0.889. The van der Waals surface area contributed by atoms with Crippen molar-refractivity contribution in [3.63, 3.8) is 0 Å². The molecule has 4 nitrogen and oxygen atoms in total. The molecule has 0 amide bonds. The standard InChI is InChI=1S/C9H17NO3/c1-3-12-8(11)6-9(10)4-5-13-7(9)2/h7H,3-6,10H2,1-2H3. The molecule has 1 rings (SSSR count). The highest BCUT2D eigenvalue weighted by molar-refractivity contribution is 5.71. The fourth-order valence-electron chi connectivity index (χ4n) is 1.51. The second-order valence-corrected chi connectivity index (χ2v) is 3.48. The Bertz CT molecular complexity index is 195. The fourth-order valence-corrected chi connectivity index (χ4v) is 1.51. The molecule has 0 aliphatic carbocycles. The molecule has 0 spiro atoms. The molecule has 2 N–H and O–H groups in total. The van der Waals surface area contributed by atoms with Gasteiger partial charge < -0.3 is 15.2 Å². The molecule has 0 bridgehead atoms. The third-order valence-electron chi connectivity index (χ3n) is 2.52. The number of hydrogen-bond acceptors (Lipinski definition) is 4. The summed E-state index contributed by atoms with van der Waals surface area (Å²) in [4.78, 5) is 11.2. The lowest BCUT2D eigenvalue weighted by Crippen LogP contribution is -2.48. The van der Waals surface area contributed by atoms with Crippen LogP contribution < -0.4 is 5.73 Å². The minimum absolute atomic E-state index is 0.0584. The van der Waals surface area contributed by atoms with Crippen LogP contribution in [0.2, 0.25) is 0 Å². The van der Waals surface area contributed by atoms with E-state index < -0.39 is 5.54 Å². The molecular weight excluding hydrogens is 170 g/mol. The Balaban J connectivity index is 2.46. The number of carbonyl (C=O) groups excluding carboxylic acids is 1. The predicted molar refractivity (Wildman–Crippen MR) is 48.2 cm³/mol. The SMILES string of the molecule is CCOC(=O)CC1(N)CCOC1C. The average Bonchev–Trinajstić information content (AvgIpc) is 2.32. The number of esters is 1. The summed E-state index contributed by atoms with van der Waals surface area (Å²) in [5.41, 5.74) is 5.49. The highest BCUT2D eigenvalue weighted by atomic mass is 16.5. The maximum Gasteiger partial charge on any atom is 0.307 e. The van der Waals surface area contributed by atoms with Crippen molar-refractivity contribution >= 4 is 5.97 Å². The number of rotatable bonds is 3. The first kappa shape index (κ1) is 10.5. The lowest BCUT2D eigenvalue weighted by atomic mass is 9.90. The van der Waals surface area contributed by atoms with Crippen molar-refractivity contribution in [3.8, 4) is 0 Å². The molecule has 1 fully saturated rings.